The van der Waals surface area contributed by atoms with Crippen molar-refractivity contribution in [3.8, 4) is 0 Å². The molecule has 3 heterocycles. The molecule has 3 aromatic rings. The third-order valence-electron chi connectivity index (χ3n) is 5.38. The number of nitrogens with one attached hydrogen (secondary N) is 1. The summed E-state index contributed by atoms with van der Waals surface area (Å²) in [6.45, 7) is 7.06. The van der Waals surface area contributed by atoms with E-state index in [9.17, 15) is 4.79 Å². The van der Waals surface area contributed by atoms with Gasteiger partial charge in [0.15, 0.2) is 0 Å². The van der Waals surface area contributed by atoms with Crippen LogP contribution in [0.1, 0.15) is 31.4 Å². The summed E-state index contributed by atoms with van der Waals surface area (Å²) < 4.78 is 3.83. The van der Waals surface area contributed by atoms with Crippen LogP contribution in [0.2, 0.25) is 0 Å². The summed E-state index contributed by atoms with van der Waals surface area (Å²) in [5, 5.41) is 8.60. The Labute approximate surface area is 152 Å². The number of hydrogen-bond acceptors (Lipinski definition) is 3. The SMILES string of the molecule is Cc1c2ccc(NC(=O)N3CC(C)(C)C3c3nccn3C)cc2nn1C. The van der Waals surface area contributed by atoms with Gasteiger partial charge in [-0.1, -0.05) is 13.8 Å². The van der Waals surface area contributed by atoms with Crippen molar-refractivity contribution in [3.05, 3.63) is 42.1 Å². The Morgan fingerprint density at radius 2 is 2.08 bits per heavy atom. The van der Waals surface area contributed by atoms with Crippen LogP contribution in [0.15, 0.2) is 30.6 Å². The van der Waals surface area contributed by atoms with E-state index in [2.05, 4.69) is 29.2 Å². The first-order valence-electron chi connectivity index (χ1n) is 8.76. The van der Waals surface area contributed by atoms with Crippen molar-refractivity contribution in [2.45, 2.75) is 26.8 Å². The van der Waals surface area contributed by atoms with Gasteiger partial charge in [0, 0.05) is 55.2 Å². The van der Waals surface area contributed by atoms with Crippen LogP contribution in [0.3, 0.4) is 0 Å². The fraction of sp³-hybridized carbons (Fsp3) is 0.421. The Kier molecular flexibility index (Phi) is 3.57. The first-order valence-corrected chi connectivity index (χ1v) is 8.76. The number of fused-ring (bicyclic) bond motifs is 1. The van der Waals surface area contributed by atoms with Crippen molar-refractivity contribution in [2.24, 2.45) is 19.5 Å². The van der Waals surface area contributed by atoms with Gasteiger partial charge in [-0.15, -0.1) is 0 Å². The number of amides is 2. The van der Waals surface area contributed by atoms with E-state index in [1.54, 1.807) is 6.20 Å². The van der Waals surface area contributed by atoms with Gasteiger partial charge in [-0.25, -0.2) is 9.78 Å². The molecule has 0 spiro atoms. The minimum Gasteiger partial charge on any atom is -0.336 e. The van der Waals surface area contributed by atoms with E-state index in [1.165, 1.54) is 0 Å². The lowest BCUT2D eigenvalue weighted by molar-refractivity contribution is -0.0182. The topological polar surface area (TPSA) is 68.0 Å². The zero-order valence-electron chi connectivity index (χ0n) is 15.8. The van der Waals surface area contributed by atoms with Crippen LogP contribution < -0.4 is 5.32 Å². The van der Waals surface area contributed by atoms with Crippen molar-refractivity contribution in [1.82, 2.24) is 24.2 Å². The Morgan fingerprint density at radius 3 is 2.73 bits per heavy atom. The molecule has 0 aliphatic carbocycles. The van der Waals surface area contributed by atoms with Crippen LogP contribution >= 0.6 is 0 Å². The highest BCUT2D eigenvalue weighted by Crippen LogP contribution is 2.47. The van der Waals surface area contributed by atoms with Crippen LogP contribution in [0, 0.1) is 12.3 Å². The normalized spacial score (nSPS) is 18.8. The molecular formula is C19H24N6O. The standard InChI is InChI=1S/C19H24N6O/c1-12-14-7-6-13(10-15(14)22-24(12)5)21-18(26)25-11-19(2,3)16(25)17-20-8-9-23(17)4/h6-10,16H,11H2,1-5H3,(H,21,26). The number of likely N-dealkylation sites (tertiary alicyclic amines) is 1. The summed E-state index contributed by atoms with van der Waals surface area (Å²) in [4.78, 5) is 19.2. The molecule has 2 aromatic heterocycles. The van der Waals surface area contributed by atoms with Crippen LogP contribution in [0.5, 0.6) is 0 Å². The molecule has 7 nitrogen and oxygen atoms in total. The number of hydrogen-bond donors (Lipinski definition) is 1. The lowest BCUT2D eigenvalue weighted by Crippen LogP contribution is -2.59. The lowest BCUT2D eigenvalue weighted by atomic mass is 9.74. The largest absolute Gasteiger partial charge is 0.336 e. The molecule has 1 aromatic carbocycles. The fourth-order valence-corrected chi connectivity index (χ4v) is 3.85. The smallest absolute Gasteiger partial charge is 0.322 e. The molecule has 2 amide bonds. The van der Waals surface area contributed by atoms with Gasteiger partial charge in [0.05, 0.1) is 11.6 Å². The minimum atomic E-state index is -0.107. The lowest BCUT2D eigenvalue weighted by Gasteiger charge is -2.53. The molecule has 26 heavy (non-hydrogen) atoms. The molecule has 1 atom stereocenters. The second-order valence-electron chi connectivity index (χ2n) is 7.79. The number of urea groups is 1. The number of imidazole rings is 1. The number of anilines is 1. The first kappa shape index (κ1) is 16.6. The quantitative estimate of drug-likeness (QED) is 0.770. The number of aromatic nitrogens is 4. The summed E-state index contributed by atoms with van der Waals surface area (Å²) in [6.07, 6.45) is 3.69. The molecule has 1 aliphatic rings. The number of carbonyl (C=O) groups excluding carboxylic acids is 1. The highest BCUT2D eigenvalue weighted by molar-refractivity contribution is 5.93. The predicted octanol–water partition coefficient (Wildman–Crippen LogP) is 3.23. The van der Waals surface area contributed by atoms with Crippen LogP contribution in [-0.4, -0.2) is 36.8 Å². The Bertz CT molecular complexity index is 999. The molecular weight excluding hydrogens is 328 g/mol. The molecule has 4 rings (SSSR count). The number of aryl methyl sites for hydroxylation is 3. The van der Waals surface area contributed by atoms with E-state index in [0.717, 1.165) is 28.1 Å². The third-order valence-corrected chi connectivity index (χ3v) is 5.38. The van der Waals surface area contributed by atoms with E-state index in [-0.39, 0.29) is 17.5 Å². The monoisotopic (exact) mass is 352 g/mol. The highest BCUT2D eigenvalue weighted by atomic mass is 16.2. The second-order valence-corrected chi connectivity index (χ2v) is 7.79. The molecule has 1 aliphatic heterocycles. The zero-order chi connectivity index (χ0) is 18.6. The Balaban J connectivity index is 1.57. The zero-order valence-corrected chi connectivity index (χ0v) is 15.8. The van der Waals surface area contributed by atoms with E-state index < -0.39 is 0 Å². The second kappa shape index (κ2) is 5.59. The maximum Gasteiger partial charge on any atom is 0.322 e. The molecule has 0 saturated carbocycles. The summed E-state index contributed by atoms with van der Waals surface area (Å²) in [7, 11) is 3.89. The van der Waals surface area contributed by atoms with Crippen LogP contribution in [-0.2, 0) is 14.1 Å². The Hall–Kier alpha value is -2.83. The van der Waals surface area contributed by atoms with E-state index in [0.29, 0.717) is 6.54 Å². The van der Waals surface area contributed by atoms with E-state index >= 15 is 0 Å². The van der Waals surface area contributed by atoms with Crippen LogP contribution in [0.25, 0.3) is 10.9 Å². The van der Waals surface area contributed by atoms with Crippen LogP contribution in [0.4, 0.5) is 10.5 Å². The van der Waals surface area contributed by atoms with E-state index in [4.69, 9.17) is 0 Å². The third kappa shape index (κ3) is 2.46. The van der Waals surface area contributed by atoms with Gasteiger partial charge in [-0.05, 0) is 25.1 Å². The average Bonchev–Trinajstić information content (AvgIpc) is 3.09. The highest BCUT2D eigenvalue weighted by Gasteiger charge is 2.50. The Morgan fingerprint density at radius 1 is 1.31 bits per heavy atom. The van der Waals surface area contributed by atoms with Crippen molar-refractivity contribution < 1.29 is 4.79 Å². The maximum absolute atomic E-state index is 12.9. The number of rotatable bonds is 2. The summed E-state index contributed by atoms with van der Waals surface area (Å²) >= 11 is 0. The number of nitrogens with zero attached hydrogens (tertiary/aromatic N) is 5. The molecule has 1 fully saturated rings. The predicted molar refractivity (Wildman–Crippen MR) is 101 cm³/mol. The maximum atomic E-state index is 12.9. The first-order chi connectivity index (χ1) is 12.3. The van der Waals surface area contributed by atoms with Gasteiger partial charge >= 0.3 is 6.03 Å². The van der Waals surface area contributed by atoms with Gasteiger partial charge in [0.2, 0.25) is 0 Å². The molecule has 1 unspecified atom stereocenters. The van der Waals surface area contributed by atoms with Gasteiger partial charge < -0.3 is 14.8 Å². The van der Waals surface area contributed by atoms with Gasteiger partial charge in [-0.2, -0.15) is 5.10 Å². The fourth-order valence-electron chi connectivity index (χ4n) is 3.85. The number of benzene rings is 1. The summed E-state index contributed by atoms with van der Waals surface area (Å²) in [5.74, 6) is 0.909. The summed E-state index contributed by atoms with van der Waals surface area (Å²) in [6, 6.07) is 5.70. The molecule has 1 N–H and O–H groups in total. The van der Waals surface area contributed by atoms with Crippen molar-refractivity contribution in [3.63, 3.8) is 0 Å². The van der Waals surface area contributed by atoms with Gasteiger partial charge in [0.1, 0.15) is 5.82 Å². The van der Waals surface area contributed by atoms with Gasteiger partial charge in [-0.3, -0.25) is 4.68 Å². The molecule has 0 radical (unpaired) electrons. The van der Waals surface area contributed by atoms with Crippen molar-refractivity contribution in [1.29, 1.82) is 0 Å². The summed E-state index contributed by atoms with van der Waals surface area (Å²) in [5.41, 5.74) is 2.74. The molecule has 0 bridgehead atoms. The molecule has 136 valence electrons. The molecule has 7 heteroatoms. The van der Waals surface area contributed by atoms with Crippen molar-refractivity contribution >= 4 is 22.6 Å². The van der Waals surface area contributed by atoms with E-state index in [1.807, 2.05) is 59.6 Å². The molecule has 1 saturated heterocycles. The van der Waals surface area contributed by atoms with Crippen molar-refractivity contribution in [2.75, 3.05) is 11.9 Å². The number of carbonyl (C=O) groups is 1. The minimum absolute atomic E-state index is 0.00148. The van der Waals surface area contributed by atoms with Gasteiger partial charge in [0.25, 0.3) is 0 Å². The average molecular weight is 352 g/mol.